The van der Waals surface area contributed by atoms with Gasteiger partial charge in [-0.05, 0) is 49.9 Å². The van der Waals surface area contributed by atoms with Crippen molar-refractivity contribution >= 4 is 11.6 Å². The summed E-state index contributed by atoms with van der Waals surface area (Å²) in [5.74, 6) is 0.225. The van der Waals surface area contributed by atoms with Gasteiger partial charge in [-0.25, -0.2) is 0 Å². The second kappa shape index (κ2) is 6.25. The van der Waals surface area contributed by atoms with Gasteiger partial charge in [0.2, 0.25) is 5.91 Å². The number of nitrogens with zero attached hydrogens (tertiary/aromatic N) is 2. The summed E-state index contributed by atoms with van der Waals surface area (Å²) >= 11 is 0. The summed E-state index contributed by atoms with van der Waals surface area (Å²) in [4.78, 5) is 17.1. The summed E-state index contributed by atoms with van der Waals surface area (Å²) in [6.07, 6.45) is -2.50. The number of amides is 1. The Morgan fingerprint density at radius 1 is 0.933 bits per heavy atom. The number of benzene rings is 2. The molecular formula is C24H25F3N2O. The molecule has 0 atom stereocenters. The minimum absolute atomic E-state index is 0.0343. The summed E-state index contributed by atoms with van der Waals surface area (Å²) < 4.78 is 39.3. The molecular weight excluding hydrogens is 389 g/mol. The van der Waals surface area contributed by atoms with Gasteiger partial charge in [-0.3, -0.25) is 4.79 Å². The van der Waals surface area contributed by atoms with E-state index < -0.39 is 11.7 Å². The molecule has 1 heterocycles. The predicted octanol–water partition coefficient (Wildman–Crippen LogP) is 4.70. The zero-order valence-corrected chi connectivity index (χ0v) is 17.2. The molecule has 1 saturated heterocycles. The highest BCUT2D eigenvalue weighted by atomic mass is 19.4. The standard InChI is InChI=1S/C24H25F3N2O/c1-16-3-6-18(7-4-16)22-14-23(22,15-22)21(30)29-11-9-28(10-12-29)20-13-19(24(25,26)27)8-5-17(20)2/h3-8,13H,9-12,14-15H2,1-2H3. The number of hydrogen-bond donors (Lipinski definition) is 0. The van der Waals surface area contributed by atoms with Crippen molar-refractivity contribution in [2.45, 2.75) is 38.3 Å². The van der Waals surface area contributed by atoms with Crippen molar-refractivity contribution in [2.24, 2.45) is 5.41 Å². The van der Waals surface area contributed by atoms with Crippen molar-refractivity contribution in [1.29, 1.82) is 0 Å². The molecule has 6 heteroatoms. The molecule has 0 N–H and O–H groups in total. The van der Waals surface area contributed by atoms with Gasteiger partial charge in [0.1, 0.15) is 0 Å². The van der Waals surface area contributed by atoms with Crippen LogP contribution in [0.4, 0.5) is 18.9 Å². The van der Waals surface area contributed by atoms with E-state index in [-0.39, 0.29) is 16.7 Å². The van der Waals surface area contributed by atoms with Crippen LogP contribution in [0.3, 0.4) is 0 Å². The highest BCUT2D eigenvalue weighted by Crippen LogP contribution is 2.86. The first-order valence-corrected chi connectivity index (χ1v) is 10.5. The van der Waals surface area contributed by atoms with Crippen LogP contribution < -0.4 is 4.90 Å². The highest BCUT2D eigenvalue weighted by molar-refractivity contribution is 5.95. The molecule has 1 aliphatic heterocycles. The van der Waals surface area contributed by atoms with Crippen molar-refractivity contribution < 1.29 is 18.0 Å². The topological polar surface area (TPSA) is 23.6 Å². The van der Waals surface area contributed by atoms with E-state index >= 15 is 0 Å². The minimum atomic E-state index is -4.35. The number of piperazine rings is 1. The van der Waals surface area contributed by atoms with Crippen molar-refractivity contribution in [3.8, 4) is 0 Å². The number of halogens is 3. The zero-order chi connectivity index (χ0) is 21.3. The van der Waals surface area contributed by atoms with E-state index in [1.807, 2.05) is 16.7 Å². The number of rotatable bonds is 3. The van der Waals surface area contributed by atoms with Gasteiger partial charge in [0, 0.05) is 37.3 Å². The van der Waals surface area contributed by atoms with Crippen LogP contribution in [-0.2, 0) is 16.4 Å². The maximum atomic E-state index is 13.2. The van der Waals surface area contributed by atoms with Crippen LogP contribution >= 0.6 is 0 Å². The molecule has 0 aromatic heterocycles. The number of alkyl halides is 3. The Morgan fingerprint density at radius 3 is 2.17 bits per heavy atom. The number of fused-ring (bicyclic) bond motifs is 1. The lowest BCUT2D eigenvalue weighted by molar-refractivity contribution is -0.137. The largest absolute Gasteiger partial charge is 0.416 e. The second-order valence-electron chi connectivity index (χ2n) is 9.16. The maximum absolute atomic E-state index is 13.2. The third-order valence-electron chi connectivity index (χ3n) is 7.33. The van der Waals surface area contributed by atoms with Gasteiger partial charge in [-0.15, -0.1) is 0 Å². The van der Waals surface area contributed by atoms with Crippen LogP contribution in [0.15, 0.2) is 42.5 Å². The summed E-state index contributed by atoms with van der Waals surface area (Å²) in [6.45, 7) is 6.12. The van der Waals surface area contributed by atoms with Gasteiger partial charge in [-0.1, -0.05) is 35.9 Å². The Hall–Kier alpha value is -2.50. The lowest BCUT2D eigenvalue weighted by Gasteiger charge is -2.37. The van der Waals surface area contributed by atoms with Crippen LogP contribution in [0.5, 0.6) is 0 Å². The third kappa shape index (κ3) is 2.83. The van der Waals surface area contributed by atoms with Crippen LogP contribution in [0.2, 0.25) is 0 Å². The van der Waals surface area contributed by atoms with E-state index in [0.717, 1.165) is 24.5 Å². The van der Waals surface area contributed by atoms with Gasteiger partial charge in [0.05, 0.1) is 11.0 Å². The van der Waals surface area contributed by atoms with E-state index in [1.165, 1.54) is 23.3 Å². The fourth-order valence-electron chi connectivity index (χ4n) is 5.18. The van der Waals surface area contributed by atoms with E-state index in [0.29, 0.717) is 31.9 Å². The molecule has 2 aromatic rings. The summed E-state index contributed by atoms with van der Waals surface area (Å²) in [5, 5.41) is 0. The van der Waals surface area contributed by atoms with E-state index in [1.54, 1.807) is 0 Å². The second-order valence-corrected chi connectivity index (χ2v) is 9.16. The summed E-state index contributed by atoms with van der Waals surface area (Å²) in [6, 6.07) is 12.4. The van der Waals surface area contributed by atoms with Crippen LogP contribution in [0.1, 0.15) is 35.1 Å². The molecule has 3 aliphatic rings. The first kappa shape index (κ1) is 19.5. The summed E-state index contributed by atoms with van der Waals surface area (Å²) in [7, 11) is 0. The number of aryl methyl sites for hydroxylation is 2. The normalized spacial score (nSPS) is 27.6. The average molecular weight is 414 g/mol. The smallest absolute Gasteiger partial charge is 0.368 e. The Labute approximate surface area is 174 Å². The molecule has 3 nitrogen and oxygen atoms in total. The van der Waals surface area contributed by atoms with Gasteiger partial charge in [-0.2, -0.15) is 13.2 Å². The molecule has 30 heavy (non-hydrogen) atoms. The number of hydrogen-bond acceptors (Lipinski definition) is 2. The first-order valence-electron chi connectivity index (χ1n) is 10.5. The van der Waals surface area contributed by atoms with Crippen LogP contribution in [0, 0.1) is 19.3 Å². The summed E-state index contributed by atoms with van der Waals surface area (Å²) in [5.41, 5.74) is 3.10. The van der Waals surface area contributed by atoms with Crippen LogP contribution in [-0.4, -0.2) is 37.0 Å². The van der Waals surface area contributed by atoms with Gasteiger partial charge in [0.15, 0.2) is 0 Å². The fourth-order valence-corrected chi connectivity index (χ4v) is 5.18. The quantitative estimate of drug-likeness (QED) is 0.727. The van der Waals surface area contributed by atoms with Crippen molar-refractivity contribution in [3.05, 3.63) is 64.7 Å². The van der Waals surface area contributed by atoms with E-state index in [9.17, 15) is 18.0 Å². The fraction of sp³-hybridized carbons (Fsp3) is 0.458. The number of carbonyl (C=O) groups excluding carboxylic acids is 1. The highest BCUT2D eigenvalue weighted by Gasteiger charge is 2.87. The Bertz CT molecular complexity index is 998. The van der Waals surface area contributed by atoms with Crippen LogP contribution in [0.25, 0.3) is 0 Å². The van der Waals surface area contributed by atoms with Crippen molar-refractivity contribution in [3.63, 3.8) is 0 Å². The van der Waals surface area contributed by atoms with Gasteiger partial charge in [0.25, 0.3) is 0 Å². The van der Waals surface area contributed by atoms with Gasteiger partial charge < -0.3 is 9.80 Å². The molecule has 0 spiro atoms. The first-order chi connectivity index (χ1) is 14.2. The molecule has 2 aliphatic carbocycles. The van der Waals surface area contributed by atoms with Crippen molar-refractivity contribution in [2.75, 3.05) is 31.1 Å². The third-order valence-corrected chi connectivity index (χ3v) is 7.33. The molecule has 158 valence electrons. The van der Waals surface area contributed by atoms with Gasteiger partial charge >= 0.3 is 6.18 Å². The zero-order valence-electron chi connectivity index (χ0n) is 17.2. The minimum Gasteiger partial charge on any atom is -0.368 e. The average Bonchev–Trinajstić information content (AvgIpc) is 3.55. The lowest BCUT2D eigenvalue weighted by Crippen LogP contribution is -2.50. The van der Waals surface area contributed by atoms with E-state index in [2.05, 4.69) is 31.2 Å². The van der Waals surface area contributed by atoms with Crippen molar-refractivity contribution in [1.82, 2.24) is 4.90 Å². The number of carbonyl (C=O) groups is 1. The molecule has 1 amide bonds. The number of anilines is 1. The Kier molecular flexibility index (Phi) is 4.06. The maximum Gasteiger partial charge on any atom is 0.416 e. The van der Waals surface area contributed by atoms with E-state index in [4.69, 9.17) is 0 Å². The molecule has 0 radical (unpaired) electrons. The molecule has 0 unspecified atom stereocenters. The SMILES string of the molecule is Cc1ccc(C23CC2(C(=O)N2CCN(c4cc(C(F)(F)F)ccc4C)CC2)C3)cc1. The predicted molar refractivity (Wildman–Crippen MR) is 109 cm³/mol. The molecule has 2 aromatic carbocycles. The Balaban J connectivity index is 1.26. The molecule has 0 bridgehead atoms. The molecule has 2 saturated carbocycles. The molecule has 3 fully saturated rings. The lowest BCUT2D eigenvalue weighted by atomic mass is 10.0. The Morgan fingerprint density at radius 2 is 1.57 bits per heavy atom. The monoisotopic (exact) mass is 414 g/mol. The molecule has 5 rings (SSSR count).